The van der Waals surface area contributed by atoms with Gasteiger partial charge in [-0.05, 0) is 18.2 Å². The van der Waals surface area contributed by atoms with Gasteiger partial charge in [0.2, 0.25) is 0 Å². The molecule has 0 N–H and O–H groups in total. The van der Waals surface area contributed by atoms with Crippen molar-refractivity contribution in [1.82, 2.24) is 0 Å². The van der Waals surface area contributed by atoms with E-state index < -0.39 is 24.1 Å². The van der Waals surface area contributed by atoms with Gasteiger partial charge in [-0.2, -0.15) is 0 Å². The van der Waals surface area contributed by atoms with Crippen LogP contribution in [0.2, 0.25) is 0 Å². The van der Waals surface area contributed by atoms with Crippen molar-refractivity contribution < 1.29 is 37.0 Å². The van der Waals surface area contributed by atoms with Gasteiger partial charge in [-0.15, -0.1) is 13.2 Å². The minimum Gasteiger partial charge on any atom is -0.465 e. The van der Waals surface area contributed by atoms with Gasteiger partial charge in [0.05, 0.1) is 25.3 Å². The van der Waals surface area contributed by atoms with Crippen molar-refractivity contribution in [3.8, 4) is 5.75 Å². The second-order valence-corrected chi connectivity index (χ2v) is 3.28. The number of ether oxygens (including phenoxy) is 3. The van der Waals surface area contributed by atoms with Crippen LogP contribution < -0.4 is 4.74 Å². The monoisotopic (exact) mass is 278 g/mol. The molecule has 0 amide bonds. The number of hydrogen-bond acceptors (Lipinski definition) is 5. The second kappa shape index (κ2) is 5.59. The Morgan fingerprint density at radius 2 is 1.37 bits per heavy atom. The summed E-state index contributed by atoms with van der Waals surface area (Å²) in [5, 5.41) is 0. The van der Waals surface area contributed by atoms with Crippen LogP contribution in [0.25, 0.3) is 0 Å². The lowest BCUT2D eigenvalue weighted by Gasteiger charge is -2.11. The molecule has 0 heterocycles. The highest BCUT2D eigenvalue weighted by Gasteiger charge is 2.32. The first-order chi connectivity index (χ1) is 8.76. The van der Waals surface area contributed by atoms with E-state index in [4.69, 9.17) is 0 Å². The van der Waals surface area contributed by atoms with Gasteiger partial charge in [0.1, 0.15) is 5.75 Å². The largest absolute Gasteiger partial charge is 0.573 e. The Morgan fingerprint density at radius 3 is 1.68 bits per heavy atom. The number of carbonyl (C=O) groups excluding carboxylic acids is 2. The van der Waals surface area contributed by atoms with Crippen LogP contribution in [0.5, 0.6) is 5.75 Å². The Bertz CT molecular complexity index is 461. The first-order valence-electron chi connectivity index (χ1n) is 4.84. The highest BCUT2D eigenvalue weighted by Crippen LogP contribution is 2.25. The first-order valence-corrected chi connectivity index (χ1v) is 4.84. The number of rotatable bonds is 3. The predicted molar refractivity (Wildman–Crippen MR) is 55.8 cm³/mol. The van der Waals surface area contributed by atoms with Crippen molar-refractivity contribution in [3.63, 3.8) is 0 Å². The lowest BCUT2D eigenvalue weighted by molar-refractivity contribution is -0.274. The Hall–Kier alpha value is -2.25. The van der Waals surface area contributed by atoms with Gasteiger partial charge in [-0.25, -0.2) is 9.59 Å². The standard InChI is InChI=1S/C11H9F3O5/c1-17-9(15)6-3-7(10(16)18-2)5-8(4-6)19-11(12,13)14/h3-5H,1-2H3. The molecule has 0 radical (unpaired) electrons. The van der Waals surface area contributed by atoms with Crippen LogP contribution in [0.4, 0.5) is 13.2 Å². The number of carbonyl (C=O) groups is 2. The van der Waals surface area contributed by atoms with Crippen LogP contribution in [0, 0.1) is 0 Å². The lowest BCUT2D eigenvalue weighted by atomic mass is 10.1. The molecule has 0 atom stereocenters. The molecule has 8 heteroatoms. The summed E-state index contributed by atoms with van der Waals surface area (Å²) in [6.07, 6.45) is -4.94. The van der Waals surface area contributed by atoms with E-state index in [2.05, 4.69) is 14.2 Å². The fraction of sp³-hybridized carbons (Fsp3) is 0.273. The molecule has 0 spiro atoms. The van der Waals surface area contributed by atoms with Crippen molar-refractivity contribution in [2.75, 3.05) is 14.2 Å². The van der Waals surface area contributed by atoms with E-state index in [1.54, 1.807) is 0 Å². The maximum Gasteiger partial charge on any atom is 0.573 e. The quantitative estimate of drug-likeness (QED) is 0.793. The van der Waals surface area contributed by atoms with Crippen molar-refractivity contribution >= 4 is 11.9 Å². The Kier molecular flexibility index (Phi) is 4.36. The van der Waals surface area contributed by atoms with Crippen LogP contribution >= 0.6 is 0 Å². The molecule has 19 heavy (non-hydrogen) atoms. The van der Waals surface area contributed by atoms with Crippen molar-refractivity contribution in [2.45, 2.75) is 6.36 Å². The topological polar surface area (TPSA) is 61.8 Å². The lowest BCUT2D eigenvalue weighted by Crippen LogP contribution is -2.18. The summed E-state index contributed by atoms with van der Waals surface area (Å²) < 4.78 is 48.7. The summed E-state index contributed by atoms with van der Waals surface area (Å²) in [4.78, 5) is 22.6. The summed E-state index contributed by atoms with van der Waals surface area (Å²) in [5.74, 6) is -2.52. The number of benzene rings is 1. The summed E-state index contributed by atoms with van der Waals surface area (Å²) >= 11 is 0. The molecule has 0 saturated carbocycles. The third kappa shape index (κ3) is 4.16. The molecule has 104 valence electrons. The van der Waals surface area contributed by atoms with E-state index >= 15 is 0 Å². The molecule has 5 nitrogen and oxygen atoms in total. The highest BCUT2D eigenvalue weighted by molar-refractivity contribution is 5.96. The number of esters is 2. The molecule has 0 aromatic heterocycles. The molecular weight excluding hydrogens is 269 g/mol. The van der Waals surface area contributed by atoms with E-state index in [0.29, 0.717) is 0 Å². The molecule has 0 unspecified atom stereocenters. The third-order valence-electron chi connectivity index (χ3n) is 1.98. The van der Waals surface area contributed by atoms with Gasteiger partial charge in [-0.1, -0.05) is 0 Å². The van der Waals surface area contributed by atoms with Crippen LogP contribution in [-0.2, 0) is 9.47 Å². The maximum atomic E-state index is 12.1. The smallest absolute Gasteiger partial charge is 0.465 e. The van der Waals surface area contributed by atoms with Gasteiger partial charge in [-0.3, -0.25) is 0 Å². The van der Waals surface area contributed by atoms with Gasteiger partial charge in [0.25, 0.3) is 0 Å². The van der Waals surface area contributed by atoms with Crippen LogP contribution in [-0.4, -0.2) is 32.5 Å². The molecule has 0 aliphatic carbocycles. The Labute approximate surface area is 105 Å². The highest BCUT2D eigenvalue weighted by atomic mass is 19.4. The number of halogens is 3. The zero-order valence-corrected chi connectivity index (χ0v) is 9.91. The fourth-order valence-electron chi connectivity index (χ4n) is 1.26. The fourth-order valence-corrected chi connectivity index (χ4v) is 1.26. The molecule has 1 aromatic carbocycles. The normalized spacial score (nSPS) is 10.8. The number of alkyl halides is 3. The first kappa shape index (κ1) is 14.8. The van der Waals surface area contributed by atoms with Gasteiger partial charge < -0.3 is 14.2 Å². The molecule has 1 rings (SSSR count). The average Bonchev–Trinajstić information content (AvgIpc) is 2.34. The zero-order valence-electron chi connectivity index (χ0n) is 9.91. The van der Waals surface area contributed by atoms with Crippen molar-refractivity contribution in [2.24, 2.45) is 0 Å². The molecular formula is C11H9F3O5. The molecule has 0 saturated heterocycles. The number of methoxy groups -OCH3 is 2. The minimum absolute atomic E-state index is 0.260. The zero-order chi connectivity index (χ0) is 14.6. The predicted octanol–water partition coefficient (Wildman–Crippen LogP) is 2.16. The second-order valence-electron chi connectivity index (χ2n) is 3.28. The Balaban J connectivity index is 3.24. The Morgan fingerprint density at radius 1 is 0.947 bits per heavy atom. The summed E-state index contributed by atoms with van der Waals surface area (Å²) in [6.45, 7) is 0. The SMILES string of the molecule is COC(=O)c1cc(OC(F)(F)F)cc(C(=O)OC)c1. The summed E-state index contributed by atoms with van der Waals surface area (Å²) in [7, 11) is 2.11. The summed E-state index contributed by atoms with van der Waals surface area (Å²) in [6, 6.07) is 2.67. The van der Waals surface area contributed by atoms with Gasteiger partial charge in [0, 0.05) is 0 Å². The maximum absolute atomic E-state index is 12.1. The minimum atomic E-state index is -4.94. The van der Waals surface area contributed by atoms with Crippen molar-refractivity contribution in [3.05, 3.63) is 29.3 Å². The van der Waals surface area contributed by atoms with E-state index in [9.17, 15) is 22.8 Å². The van der Waals surface area contributed by atoms with Crippen molar-refractivity contribution in [1.29, 1.82) is 0 Å². The third-order valence-corrected chi connectivity index (χ3v) is 1.98. The number of hydrogen-bond donors (Lipinski definition) is 0. The van der Waals surface area contributed by atoms with Crippen LogP contribution in [0.15, 0.2) is 18.2 Å². The van der Waals surface area contributed by atoms with E-state index in [1.165, 1.54) is 0 Å². The average molecular weight is 278 g/mol. The molecule has 1 aromatic rings. The molecule has 0 bridgehead atoms. The van der Waals surface area contributed by atoms with Gasteiger partial charge >= 0.3 is 18.3 Å². The molecule has 0 aliphatic heterocycles. The van der Waals surface area contributed by atoms with Crippen LogP contribution in [0.3, 0.4) is 0 Å². The van der Waals surface area contributed by atoms with E-state index in [0.717, 1.165) is 32.4 Å². The molecule has 0 fully saturated rings. The van der Waals surface area contributed by atoms with Crippen LogP contribution in [0.1, 0.15) is 20.7 Å². The molecule has 0 aliphatic rings. The van der Waals surface area contributed by atoms with E-state index in [1.807, 2.05) is 0 Å². The van der Waals surface area contributed by atoms with E-state index in [-0.39, 0.29) is 11.1 Å². The van der Waals surface area contributed by atoms with Gasteiger partial charge in [0.15, 0.2) is 0 Å². The summed E-state index contributed by atoms with van der Waals surface area (Å²) in [5.41, 5.74) is -0.519.